The molecule has 2 atom stereocenters. The van der Waals surface area contributed by atoms with E-state index in [2.05, 4.69) is 9.47 Å². The minimum atomic E-state index is -1.89. The minimum absolute atomic E-state index is 0. The zero-order valence-electron chi connectivity index (χ0n) is 18.9. The van der Waals surface area contributed by atoms with Crippen LogP contribution in [0, 0.1) is 0 Å². The third-order valence-electron chi connectivity index (χ3n) is 1.99. The number of carbonyl (C=O) groups excluding carboxylic acids is 4. The second kappa shape index (κ2) is 19.5. The molecule has 0 aliphatic rings. The number of nitrogens with two attached hydrogens (primary N) is 2. The summed E-state index contributed by atoms with van der Waals surface area (Å²) in [7, 11) is 0. The van der Waals surface area contributed by atoms with Crippen molar-refractivity contribution in [1.29, 1.82) is 0 Å². The van der Waals surface area contributed by atoms with E-state index in [1.165, 1.54) is 0 Å². The Labute approximate surface area is 241 Å². The van der Waals surface area contributed by atoms with Crippen molar-refractivity contribution in [2.24, 2.45) is 11.5 Å². The first-order chi connectivity index (χ1) is 10.0. The number of carboxylic acids is 2. The van der Waals surface area contributed by atoms with E-state index in [1.54, 1.807) is 0 Å². The summed E-state index contributed by atoms with van der Waals surface area (Å²) in [6.45, 7) is 0. The van der Waals surface area contributed by atoms with Crippen molar-refractivity contribution in [3.05, 3.63) is 0 Å². The molecule has 12 nitrogen and oxygen atoms in total. The summed E-state index contributed by atoms with van der Waals surface area (Å²) >= 11 is 0. The van der Waals surface area contributed by atoms with Gasteiger partial charge in [0.25, 0.3) is 0 Å². The second-order valence-corrected chi connectivity index (χ2v) is 3.82. The molecule has 0 aliphatic carbocycles. The fraction of sp³-hybridized carbons (Fsp3) is 0.400. The largest absolute Gasteiger partial charge is 1.00 e. The Morgan fingerprint density at radius 3 is 1.12 bits per heavy atom. The van der Waals surface area contributed by atoms with Crippen LogP contribution in [0.2, 0.25) is 0 Å². The molecule has 0 aromatic rings. The first-order valence-electron chi connectivity index (χ1n) is 5.51. The first-order valence-corrected chi connectivity index (χ1v) is 5.51. The van der Waals surface area contributed by atoms with Gasteiger partial charge in [-0.2, -0.15) is 0 Å². The van der Waals surface area contributed by atoms with Gasteiger partial charge in [-0.15, -0.1) is 0 Å². The molecule has 0 aromatic heterocycles. The van der Waals surface area contributed by atoms with E-state index < -0.39 is 60.7 Å². The number of carboxylic acid groups (broad SMARTS) is 2. The molecular weight excluding hydrogens is 400 g/mol. The van der Waals surface area contributed by atoms with Crippen LogP contribution in [0.4, 0.5) is 0 Å². The average Bonchev–Trinajstić information content (AvgIpc) is 2.37. The van der Waals surface area contributed by atoms with Gasteiger partial charge in [0.15, 0.2) is 0 Å². The molecule has 0 radical (unpaired) electrons. The zero-order valence-corrected chi connectivity index (χ0v) is 22.9. The topological polar surface area (TPSA) is 213 Å². The van der Waals surface area contributed by atoms with Crippen LogP contribution < -0.4 is 130 Å². The van der Waals surface area contributed by atoms with Crippen molar-refractivity contribution in [2.45, 2.75) is 24.9 Å². The van der Waals surface area contributed by atoms with Crippen LogP contribution in [0.1, 0.15) is 18.5 Å². The number of aliphatic carboxylic acids is 2. The monoisotopic (exact) mass is 416 g/mol. The van der Waals surface area contributed by atoms with Gasteiger partial charge in [-0.25, -0.2) is 9.59 Å². The van der Waals surface area contributed by atoms with E-state index in [-0.39, 0.29) is 124 Å². The summed E-state index contributed by atoms with van der Waals surface area (Å²) in [6, 6.07) is -3.29. The van der Waals surface area contributed by atoms with E-state index in [0.29, 0.717) is 0 Å². The van der Waals surface area contributed by atoms with Gasteiger partial charge in [-0.3, -0.25) is 19.2 Å². The molecule has 16 heteroatoms. The summed E-state index contributed by atoms with van der Waals surface area (Å²) in [5.74, 6) is -9.70. The fourth-order valence-electron chi connectivity index (χ4n) is 0.907. The molecule has 0 rings (SSSR count). The minimum Gasteiger partial charge on any atom is -1.00 e. The Balaban J connectivity index is -0.0000000787. The van der Waals surface area contributed by atoms with Crippen LogP contribution in [0.3, 0.4) is 0 Å². The number of rotatable bonds is 6. The third kappa shape index (κ3) is 17.3. The number of hydrogen-bond acceptors (Lipinski definition) is 10. The Bertz CT molecular complexity index is 501. The molecule has 0 aromatic carbocycles. The molecule has 0 saturated carbocycles. The standard InChI is InChI=1S/C10H12N2O10.4Na.4H/c11-3(7(15)16)1-5(13)21-9(19)10(20)22-6(14)2-4(12)8(17)18;;;;;;;;/h3-4H,1-2,11-12H2,(H,15,16)(H,17,18);;;;;;;;/q;4*+1;4*-1/t3-,4-;;;;;;;;/m0......../s1. The van der Waals surface area contributed by atoms with Crippen molar-refractivity contribution < 1.29 is 172 Å². The van der Waals surface area contributed by atoms with E-state index in [9.17, 15) is 28.8 Å². The molecule has 130 valence electrons. The van der Waals surface area contributed by atoms with E-state index >= 15 is 0 Å². The van der Waals surface area contributed by atoms with Crippen LogP contribution in [0.5, 0.6) is 0 Å². The zero-order chi connectivity index (χ0) is 17.4. The third-order valence-corrected chi connectivity index (χ3v) is 1.99. The van der Waals surface area contributed by atoms with Gasteiger partial charge in [0, 0.05) is 0 Å². The van der Waals surface area contributed by atoms with E-state index in [0.717, 1.165) is 0 Å². The van der Waals surface area contributed by atoms with Gasteiger partial charge >= 0.3 is 154 Å². The SMILES string of the molecule is N[C@@H](CC(=O)OC(=O)C(=O)OC(=O)C[C@H](N)C(=O)O)C(=O)O.[H-].[H-].[H-].[H-].[Na+].[Na+].[Na+].[Na+]. The summed E-state index contributed by atoms with van der Waals surface area (Å²) < 4.78 is 7.78. The molecule has 26 heavy (non-hydrogen) atoms. The van der Waals surface area contributed by atoms with Gasteiger partial charge in [0.1, 0.15) is 12.1 Å². The van der Waals surface area contributed by atoms with Crippen LogP contribution in [-0.4, -0.2) is 58.1 Å². The van der Waals surface area contributed by atoms with Crippen molar-refractivity contribution in [3.63, 3.8) is 0 Å². The van der Waals surface area contributed by atoms with Crippen LogP contribution >= 0.6 is 0 Å². The van der Waals surface area contributed by atoms with Gasteiger partial charge in [0.05, 0.1) is 12.8 Å². The summed E-state index contributed by atoms with van der Waals surface area (Å²) in [5, 5.41) is 16.8. The van der Waals surface area contributed by atoms with E-state index in [1.807, 2.05) is 0 Å². The maximum atomic E-state index is 11.1. The van der Waals surface area contributed by atoms with Crippen molar-refractivity contribution in [2.75, 3.05) is 0 Å². The maximum Gasteiger partial charge on any atom is 1.00 e. The van der Waals surface area contributed by atoms with Gasteiger partial charge < -0.3 is 36.9 Å². The number of carbonyl (C=O) groups is 6. The molecule has 0 heterocycles. The predicted octanol–water partition coefficient (Wildman–Crippen LogP) is -14.8. The smallest absolute Gasteiger partial charge is 1.00 e. The maximum absolute atomic E-state index is 11.1. The summed E-state index contributed by atoms with van der Waals surface area (Å²) in [5.41, 5.74) is 9.96. The Hall–Kier alpha value is 1.14. The quantitative estimate of drug-likeness (QED) is 0.137. The van der Waals surface area contributed by atoms with Gasteiger partial charge in [-0.05, 0) is 0 Å². The van der Waals surface area contributed by atoms with Crippen LogP contribution in [0.25, 0.3) is 0 Å². The normalized spacial score (nSPS) is 10.7. The van der Waals surface area contributed by atoms with Crippen LogP contribution in [-0.2, 0) is 38.2 Å². The molecule has 0 bridgehead atoms. The molecule has 0 spiro atoms. The average molecular weight is 416 g/mol. The molecule has 0 unspecified atom stereocenters. The van der Waals surface area contributed by atoms with Gasteiger partial charge in [0.2, 0.25) is 0 Å². The Kier molecular flexibility index (Phi) is 28.3. The number of esters is 4. The molecule has 0 aliphatic heterocycles. The van der Waals surface area contributed by atoms with Crippen molar-refractivity contribution in [1.82, 2.24) is 0 Å². The summed E-state index contributed by atoms with van der Waals surface area (Å²) in [4.78, 5) is 64.9. The molecule has 0 saturated heterocycles. The first kappa shape index (κ1) is 37.8. The second-order valence-electron chi connectivity index (χ2n) is 3.82. The molecule has 6 N–H and O–H groups in total. The van der Waals surface area contributed by atoms with Crippen molar-refractivity contribution in [3.8, 4) is 0 Å². The van der Waals surface area contributed by atoms with E-state index in [4.69, 9.17) is 21.7 Å². The predicted molar refractivity (Wildman–Crippen MR) is 67.1 cm³/mol. The van der Waals surface area contributed by atoms with Gasteiger partial charge in [-0.1, -0.05) is 0 Å². The molecule has 0 fully saturated rings. The Morgan fingerprint density at radius 2 is 0.923 bits per heavy atom. The summed E-state index contributed by atoms with van der Waals surface area (Å²) in [6.07, 6.45) is -1.79. The Morgan fingerprint density at radius 1 is 0.692 bits per heavy atom. The molecular formula is C10H16N2Na4O10. The van der Waals surface area contributed by atoms with Crippen molar-refractivity contribution >= 4 is 35.8 Å². The fourth-order valence-corrected chi connectivity index (χ4v) is 0.907. The molecule has 0 amide bonds. The number of ether oxygens (including phenoxy) is 2. The number of hydrogen-bond donors (Lipinski definition) is 4. The van der Waals surface area contributed by atoms with Crippen LogP contribution in [0.15, 0.2) is 0 Å².